The molecule has 4 heteroatoms. The number of fused-ring (bicyclic) bond motifs is 1. The van der Waals surface area contributed by atoms with Gasteiger partial charge in [-0.05, 0) is 36.0 Å². The normalized spacial score (nSPS) is 16.6. The Hall–Kier alpha value is -1.55. The highest BCUT2D eigenvalue weighted by Gasteiger charge is 2.39. The molecule has 20 heavy (non-hydrogen) atoms. The van der Waals surface area contributed by atoms with Gasteiger partial charge >= 0.3 is 5.97 Å². The van der Waals surface area contributed by atoms with Crippen molar-refractivity contribution in [3.63, 3.8) is 0 Å². The summed E-state index contributed by atoms with van der Waals surface area (Å²) < 4.78 is 5.48. The average Bonchev–Trinajstić information content (AvgIpc) is 2.86. The first-order chi connectivity index (χ1) is 9.49. The maximum atomic E-state index is 11.6. The van der Waals surface area contributed by atoms with E-state index in [1.807, 2.05) is 26.0 Å². The molecule has 3 N–H and O–H groups in total. The third kappa shape index (κ3) is 2.66. The largest absolute Gasteiger partial charge is 0.493 e. The van der Waals surface area contributed by atoms with Crippen molar-refractivity contribution in [1.82, 2.24) is 0 Å². The molecular formula is C16H23NO3. The number of nitrogens with two attached hydrogens (primary N) is 1. The van der Waals surface area contributed by atoms with Gasteiger partial charge in [0.05, 0.1) is 12.0 Å². The predicted octanol–water partition coefficient (Wildman–Crippen LogP) is 2.24. The molecule has 0 aromatic heterocycles. The van der Waals surface area contributed by atoms with Crippen molar-refractivity contribution in [3.05, 3.63) is 29.3 Å². The zero-order valence-electron chi connectivity index (χ0n) is 12.2. The summed E-state index contributed by atoms with van der Waals surface area (Å²) in [6, 6.07) is 6.14. The van der Waals surface area contributed by atoms with Crippen LogP contribution in [0.2, 0.25) is 0 Å². The first-order valence-corrected chi connectivity index (χ1v) is 7.17. The van der Waals surface area contributed by atoms with Crippen LogP contribution in [0.3, 0.4) is 0 Å². The van der Waals surface area contributed by atoms with E-state index in [9.17, 15) is 9.90 Å². The van der Waals surface area contributed by atoms with Crippen molar-refractivity contribution < 1.29 is 14.6 Å². The van der Waals surface area contributed by atoms with Crippen LogP contribution >= 0.6 is 0 Å². The number of hydrogen-bond acceptors (Lipinski definition) is 3. The second-order valence-corrected chi connectivity index (χ2v) is 5.86. The lowest BCUT2D eigenvalue weighted by Crippen LogP contribution is -2.43. The van der Waals surface area contributed by atoms with Gasteiger partial charge in [-0.1, -0.05) is 26.0 Å². The lowest BCUT2D eigenvalue weighted by Gasteiger charge is -2.32. The number of ether oxygens (including phenoxy) is 1. The Morgan fingerprint density at radius 1 is 1.50 bits per heavy atom. The first-order valence-electron chi connectivity index (χ1n) is 7.17. The molecule has 0 bridgehead atoms. The third-order valence-electron chi connectivity index (χ3n) is 4.51. The summed E-state index contributed by atoms with van der Waals surface area (Å²) in [6.07, 6.45) is 2.24. The SMILES string of the molecule is CC(C)C(CN)(CCc1ccc2c(c1)CCO2)C(=O)O. The van der Waals surface area contributed by atoms with Crippen molar-refractivity contribution in [2.24, 2.45) is 17.1 Å². The number of rotatable bonds is 6. The molecule has 0 saturated heterocycles. The molecule has 0 spiro atoms. The lowest BCUT2D eigenvalue weighted by molar-refractivity contribution is -0.151. The molecule has 0 saturated carbocycles. The Balaban J connectivity index is 2.12. The summed E-state index contributed by atoms with van der Waals surface area (Å²) in [4.78, 5) is 11.6. The van der Waals surface area contributed by atoms with Gasteiger partial charge in [0.15, 0.2) is 0 Å². The van der Waals surface area contributed by atoms with Crippen LogP contribution in [0.25, 0.3) is 0 Å². The summed E-state index contributed by atoms with van der Waals surface area (Å²) >= 11 is 0. The number of carboxylic acids is 1. The fraction of sp³-hybridized carbons (Fsp3) is 0.562. The first kappa shape index (κ1) is 14.9. The summed E-state index contributed by atoms with van der Waals surface area (Å²) in [5.74, 6) is 0.184. The van der Waals surface area contributed by atoms with Gasteiger partial charge in [-0.3, -0.25) is 4.79 Å². The van der Waals surface area contributed by atoms with Crippen molar-refractivity contribution >= 4 is 5.97 Å². The van der Waals surface area contributed by atoms with Crippen LogP contribution in [0.5, 0.6) is 5.75 Å². The van der Waals surface area contributed by atoms with E-state index in [1.54, 1.807) is 0 Å². The smallest absolute Gasteiger partial charge is 0.311 e. The second-order valence-electron chi connectivity index (χ2n) is 5.86. The van der Waals surface area contributed by atoms with E-state index in [0.717, 1.165) is 30.8 Å². The van der Waals surface area contributed by atoms with Crippen LogP contribution in [-0.2, 0) is 17.6 Å². The highest BCUT2D eigenvalue weighted by atomic mass is 16.5. The van der Waals surface area contributed by atoms with Crippen molar-refractivity contribution in [1.29, 1.82) is 0 Å². The molecular weight excluding hydrogens is 254 g/mol. The van der Waals surface area contributed by atoms with Crippen LogP contribution in [0.1, 0.15) is 31.4 Å². The van der Waals surface area contributed by atoms with E-state index in [1.165, 1.54) is 5.56 Å². The van der Waals surface area contributed by atoms with Crippen molar-refractivity contribution in [3.8, 4) is 5.75 Å². The van der Waals surface area contributed by atoms with E-state index in [4.69, 9.17) is 10.5 Å². The molecule has 1 aliphatic heterocycles. The molecule has 1 aliphatic rings. The van der Waals surface area contributed by atoms with Gasteiger partial charge in [-0.15, -0.1) is 0 Å². The minimum Gasteiger partial charge on any atom is -0.493 e. The molecule has 2 rings (SSSR count). The summed E-state index contributed by atoms with van der Waals surface area (Å²) in [5, 5.41) is 9.53. The molecule has 4 nitrogen and oxygen atoms in total. The average molecular weight is 277 g/mol. The number of hydrogen-bond donors (Lipinski definition) is 2. The zero-order chi connectivity index (χ0) is 14.8. The van der Waals surface area contributed by atoms with Crippen molar-refractivity contribution in [2.75, 3.05) is 13.2 Å². The highest BCUT2D eigenvalue weighted by Crippen LogP contribution is 2.33. The topological polar surface area (TPSA) is 72.5 Å². The number of carboxylic acid groups (broad SMARTS) is 1. The third-order valence-corrected chi connectivity index (χ3v) is 4.51. The predicted molar refractivity (Wildman–Crippen MR) is 77.9 cm³/mol. The van der Waals surface area contributed by atoms with Crippen LogP contribution in [0.4, 0.5) is 0 Å². The van der Waals surface area contributed by atoms with E-state index in [0.29, 0.717) is 6.42 Å². The summed E-state index contributed by atoms with van der Waals surface area (Å²) in [7, 11) is 0. The number of aryl methyl sites for hydroxylation is 1. The number of benzene rings is 1. The van der Waals surface area contributed by atoms with Gasteiger partial charge < -0.3 is 15.6 Å². The molecule has 1 aromatic rings. The fourth-order valence-electron chi connectivity index (χ4n) is 2.83. The standard InChI is InChI=1S/C16H23NO3/c1-11(2)16(10-17,15(18)19)7-5-12-3-4-14-13(9-12)6-8-20-14/h3-4,9,11H,5-8,10,17H2,1-2H3,(H,18,19). The van der Waals surface area contributed by atoms with E-state index in [-0.39, 0.29) is 12.5 Å². The van der Waals surface area contributed by atoms with Gasteiger partial charge in [0.2, 0.25) is 0 Å². The van der Waals surface area contributed by atoms with E-state index >= 15 is 0 Å². The maximum absolute atomic E-state index is 11.6. The molecule has 1 atom stereocenters. The summed E-state index contributed by atoms with van der Waals surface area (Å²) in [5.41, 5.74) is 7.31. The van der Waals surface area contributed by atoms with Gasteiger partial charge in [-0.25, -0.2) is 0 Å². The quantitative estimate of drug-likeness (QED) is 0.836. The molecule has 1 unspecified atom stereocenters. The highest BCUT2D eigenvalue weighted by molar-refractivity contribution is 5.75. The fourth-order valence-corrected chi connectivity index (χ4v) is 2.83. The molecule has 0 radical (unpaired) electrons. The monoisotopic (exact) mass is 277 g/mol. The van der Waals surface area contributed by atoms with Gasteiger partial charge in [0.1, 0.15) is 5.75 Å². The Kier molecular flexibility index (Phi) is 4.33. The molecule has 0 aliphatic carbocycles. The lowest BCUT2D eigenvalue weighted by atomic mass is 9.73. The zero-order valence-corrected chi connectivity index (χ0v) is 12.2. The Morgan fingerprint density at radius 3 is 2.85 bits per heavy atom. The van der Waals surface area contributed by atoms with Crippen LogP contribution < -0.4 is 10.5 Å². The maximum Gasteiger partial charge on any atom is 0.311 e. The minimum absolute atomic E-state index is 0.0164. The van der Waals surface area contributed by atoms with Gasteiger partial charge in [0.25, 0.3) is 0 Å². The molecule has 0 amide bonds. The van der Waals surface area contributed by atoms with E-state index < -0.39 is 11.4 Å². The van der Waals surface area contributed by atoms with Crippen LogP contribution in [0, 0.1) is 11.3 Å². The Morgan fingerprint density at radius 2 is 2.25 bits per heavy atom. The van der Waals surface area contributed by atoms with Crippen LogP contribution in [-0.4, -0.2) is 24.2 Å². The minimum atomic E-state index is -0.838. The molecule has 110 valence electrons. The second kappa shape index (κ2) is 5.83. The van der Waals surface area contributed by atoms with E-state index in [2.05, 4.69) is 6.07 Å². The summed E-state index contributed by atoms with van der Waals surface area (Å²) in [6.45, 7) is 4.77. The molecule has 1 heterocycles. The molecule has 1 aromatic carbocycles. The Labute approximate surface area is 119 Å². The Bertz CT molecular complexity index is 498. The molecule has 0 fully saturated rings. The number of carbonyl (C=O) groups is 1. The number of aliphatic carboxylic acids is 1. The van der Waals surface area contributed by atoms with Crippen LogP contribution in [0.15, 0.2) is 18.2 Å². The van der Waals surface area contributed by atoms with Crippen molar-refractivity contribution in [2.45, 2.75) is 33.1 Å². The van der Waals surface area contributed by atoms with Gasteiger partial charge in [-0.2, -0.15) is 0 Å². The van der Waals surface area contributed by atoms with Gasteiger partial charge in [0, 0.05) is 13.0 Å².